The van der Waals surface area contributed by atoms with Gasteiger partial charge in [-0.1, -0.05) is 0 Å². The standard InChI is InChI=1S/C11H16ClNO3/c1-15-8-9(12)7-13-11(14)5-4-10-3-2-6-16-10/h2-3,6,9H,4-5,7-8H2,1H3,(H,13,14). The van der Waals surface area contributed by atoms with E-state index in [-0.39, 0.29) is 11.3 Å². The first-order valence-electron chi connectivity index (χ1n) is 5.14. The van der Waals surface area contributed by atoms with E-state index in [0.29, 0.717) is 26.0 Å². The van der Waals surface area contributed by atoms with Crippen molar-refractivity contribution in [2.24, 2.45) is 0 Å². The molecule has 5 heteroatoms. The third kappa shape index (κ3) is 5.19. The van der Waals surface area contributed by atoms with E-state index in [9.17, 15) is 4.79 Å². The monoisotopic (exact) mass is 245 g/mol. The molecule has 1 N–H and O–H groups in total. The van der Waals surface area contributed by atoms with Crippen LogP contribution in [-0.4, -0.2) is 31.5 Å². The van der Waals surface area contributed by atoms with E-state index < -0.39 is 0 Å². The van der Waals surface area contributed by atoms with E-state index in [1.807, 2.05) is 6.07 Å². The average Bonchev–Trinajstić information content (AvgIpc) is 2.77. The molecule has 4 nitrogen and oxygen atoms in total. The molecule has 0 saturated carbocycles. The molecule has 16 heavy (non-hydrogen) atoms. The fraction of sp³-hybridized carbons (Fsp3) is 0.545. The van der Waals surface area contributed by atoms with Crippen molar-refractivity contribution in [1.29, 1.82) is 0 Å². The number of aryl methyl sites for hydroxylation is 1. The van der Waals surface area contributed by atoms with Crippen LogP contribution in [0.2, 0.25) is 0 Å². The molecule has 0 fully saturated rings. The van der Waals surface area contributed by atoms with Crippen molar-refractivity contribution in [3.05, 3.63) is 24.2 Å². The molecule has 0 aliphatic heterocycles. The Balaban J connectivity index is 2.11. The minimum absolute atomic E-state index is 0.0295. The number of carbonyl (C=O) groups is 1. The predicted molar refractivity (Wildman–Crippen MR) is 61.6 cm³/mol. The second-order valence-electron chi connectivity index (χ2n) is 3.44. The Morgan fingerprint density at radius 3 is 3.12 bits per heavy atom. The normalized spacial score (nSPS) is 12.4. The molecular weight excluding hydrogens is 230 g/mol. The second kappa shape index (κ2) is 7.30. The van der Waals surface area contributed by atoms with Crippen LogP contribution in [0.4, 0.5) is 0 Å². The zero-order chi connectivity index (χ0) is 11.8. The highest BCUT2D eigenvalue weighted by Gasteiger charge is 2.07. The highest BCUT2D eigenvalue weighted by atomic mass is 35.5. The van der Waals surface area contributed by atoms with Crippen LogP contribution in [0, 0.1) is 0 Å². The maximum absolute atomic E-state index is 11.4. The third-order valence-electron chi connectivity index (χ3n) is 2.05. The first-order valence-corrected chi connectivity index (χ1v) is 5.58. The van der Waals surface area contributed by atoms with Crippen LogP contribution in [0.15, 0.2) is 22.8 Å². The molecule has 1 atom stereocenters. The lowest BCUT2D eigenvalue weighted by Gasteiger charge is -2.09. The van der Waals surface area contributed by atoms with E-state index in [0.717, 1.165) is 5.76 Å². The van der Waals surface area contributed by atoms with Gasteiger partial charge in [0.1, 0.15) is 5.76 Å². The van der Waals surface area contributed by atoms with Crippen LogP contribution in [0.3, 0.4) is 0 Å². The number of methoxy groups -OCH3 is 1. The number of hydrogen-bond acceptors (Lipinski definition) is 3. The Labute approximate surface area is 99.9 Å². The van der Waals surface area contributed by atoms with E-state index >= 15 is 0 Å². The number of nitrogens with one attached hydrogen (secondary N) is 1. The average molecular weight is 246 g/mol. The molecule has 90 valence electrons. The lowest BCUT2D eigenvalue weighted by atomic mass is 10.2. The Bertz CT molecular complexity index is 300. The lowest BCUT2D eigenvalue weighted by molar-refractivity contribution is -0.121. The molecule has 0 radical (unpaired) electrons. The van der Waals surface area contributed by atoms with Gasteiger partial charge in [0, 0.05) is 26.5 Å². The lowest BCUT2D eigenvalue weighted by Crippen LogP contribution is -2.31. The molecule has 0 spiro atoms. The molecule has 1 unspecified atom stereocenters. The van der Waals surface area contributed by atoms with E-state index in [4.69, 9.17) is 20.8 Å². The van der Waals surface area contributed by atoms with Crippen LogP contribution in [0.25, 0.3) is 0 Å². The minimum atomic E-state index is -0.183. The molecule has 0 bridgehead atoms. The zero-order valence-corrected chi connectivity index (χ0v) is 10.00. The summed E-state index contributed by atoms with van der Waals surface area (Å²) < 4.78 is 9.98. The first-order chi connectivity index (χ1) is 7.72. The number of furan rings is 1. The Morgan fingerprint density at radius 1 is 1.69 bits per heavy atom. The summed E-state index contributed by atoms with van der Waals surface area (Å²) in [5, 5.41) is 2.55. The van der Waals surface area contributed by atoms with Crippen molar-refractivity contribution in [2.75, 3.05) is 20.3 Å². The van der Waals surface area contributed by atoms with Gasteiger partial charge in [-0.05, 0) is 12.1 Å². The maximum Gasteiger partial charge on any atom is 0.220 e. The van der Waals surface area contributed by atoms with Crippen molar-refractivity contribution in [3.63, 3.8) is 0 Å². The number of hydrogen-bond donors (Lipinski definition) is 1. The van der Waals surface area contributed by atoms with Crippen LogP contribution in [0.1, 0.15) is 12.2 Å². The second-order valence-corrected chi connectivity index (χ2v) is 4.05. The summed E-state index contributed by atoms with van der Waals surface area (Å²) in [5.41, 5.74) is 0. The van der Waals surface area contributed by atoms with Crippen molar-refractivity contribution in [3.8, 4) is 0 Å². The van der Waals surface area contributed by atoms with Gasteiger partial charge in [-0.2, -0.15) is 0 Å². The van der Waals surface area contributed by atoms with Crippen LogP contribution in [0.5, 0.6) is 0 Å². The van der Waals surface area contributed by atoms with E-state index in [1.54, 1.807) is 19.4 Å². The predicted octanol–water partition coefficient (Wildman–Crippen LogP) is 1.58. The van der Waals surface area contributed by atoms with Gasteiger partial charge in [0.15, 0.2) is 0 Å². The van der Waals surface area contributed by atoms with Gasteiger partial charge in [0.2, 0.25) is 5.91 Å². The van der Waals surface area contributed by atoms with Gasteiger partial charge in [-0.3, -0.25) is 4.79 Å². The molecule has 0 aliphatic rings. The molecule has 0 saturated heterocycles. The number of amides is 1. The van der Waals surface area contributed by atoms with Gasteiger partial charge in [-0.15, -0.1) is 11.6 Å². The first kappa shape index (κ1) is 13.1. The summed E-state index contributed by atoms with van der Waals surface area (Å²) in [5.74, 6) is 0.785. The summed E-state index contributed by atoms with van der Waals surface area (Å²) in [6, 6.07) is 3.66. The third-order valence-corrected chi connectivity index (χ3v) is 2.33. The van der Waals surface area contributed by atoms with Crippen LogP contribution >= 0.6 is 11.6 Å². The number of ether oxygens (including phenoxy) is 1. The van der Waals surface area contributed by atoms with Gasteiger partial charge < -0.3 is 14.5 Å². The highest BCUT2D eigenvalue weighted by molar-refractivity contribution is 6.21. The number of rotatable bonds is 7. The molecule has 0 aromatic carbocycles. The van der Waals surface area contributed by atoms with Gasteiger partial charge in [0.05, 0.1) is 18.2 Å². The number of alkyl halides is 1. The zero-order valence-electron chi connectivity index (χ0n) is 9.24. The highest BCUT2D eigenvalue weighted by Crippen LogP contribution is 2.03. The molecular formula is C11H16ClNO3. The Morgan fingerprint density at radius 2 is 2.50 bits per heavy atom. The Kier molecular flexibility index (Phi) is 5.96. The van der Waals surface area contributed by atoms with Gasteiger partial charge in [-0.25, -0.2) is 0 Å². The van der Waals surface area contributed by atoms with Crippen molar-refractivity contribution in [1.82, 2.24) is 5.32 Å². The molecule has 0 aliphatic carbocycles. The molecule has 1 rings (SSSR count). The van der Waals surface area contributed by atoms with Crippen molar-refractivity contribution >= 4 is 17.5 Å². The summed E-state index contributed by atoms with van der Waals surface area (Å²) in [7, 11) is 1.58. The number of carbonyl (C=O) groups excluding carboxylic acids is 1. The molecule has 1 aromatic rings. The SMILES string of the molecule is COCC(Cl)CNC(=O)CCc1ccco1. The fourth-order valence-corrected chi connectivity index (χ4v) is 1.45. The number of halogens is 1. The summed E-state index contributed by atoms with van der Waals surface area (Å²) in [4.78, 5) is 11.4. The molecule has 1 aromatic heterocycles. The van der Waals surface area contributed by atoms with Gasteiger partial charge in [0.25, 0.3) is 0 Å². The maximum atomic E-state index is 11.4. The smallest absolute Gasteiger partial charge is 0.220 e. The molecule has 1 heterocycles. The van der Waals surface area contributed by atoms with Crippen molar-refractivity contribution in [2.45, 2.75) is 18.2 Å². The largest absolute Gasteiger partial charge is 0.469 e. The molecule has 1 amide bonds. The van der Waals surface area contributed by atoms with Crippen LogP contribution < -0.4 is 5.32 Å². The summed E-state index contributed by atoms with van der Waals surface area (Å²) >= 11 is 5.87. The van der Waals surface area contributed by atoms with Gasteiger partial charge >= 0.3 is 0 Å². The Hall–Kier alpha value is -1.00. The summed E-state index contributed by atoms with van der Waals surface area (Å²) in [6.07, 6.45) is 2.61. The van der Waals surface area contributed by atoms with Crippen LogP contribution in [-0.2, 0) is 16.0 Å². The fourth-order valence-electron chi connectivity index (χ4n) is 1.24. The minimum Gasteiger partial charge on any atom is -0.469 e. The van der Waals surface area contributed by atoms with E-state index in [1.165, 1.54) is 0 Å². The quantitative estimate of drug-likeness (QED) is 0.742. The van der Waals surface area contributed by atoms with E-state index in [2.05, 4.69) is 5.32 Å². The topological polar surface area (TPSA) is 51.5 Å². The summed E-state index contributed by atoms with van der Waals surface area (Å²) in [6.45, 7) is 0.854. The van der Waals surface area contributed by atoms with Crippen molar-refractivity contribution < 1.29 is 13.9 Å².